The summed E-state index contributed by atoms with van der Waals surface area (Å²) in [6, 6.07) is 2.91. The van der Waals surface area contributed by atoms with Crippen molar-refractivity contribution in [2.24, 2.45) is 5.92 Å². The highest BCUT2D eigenvalue weighted by Gasteiger charge is 2.33. The fourth-order valence-corrected chi connectivity index (χ4v) is 2.04. The van der Waals surface area contributed by atoms with Crippen molar-refractivity contribution in [2.75, 3.05) is 0 Å². The summed E-state index contributed by atoms with van der Waals surface area (Å²) >= 11 is 0. The van der Waals surface area contributed by atoms with Gasteiger partial charge in [0.15, 0.2) is 0 Å². The lowest BCUT2D eigenvalue weighted by atomic mass is 10.0. The Bertz CT molecular complexity index is 412. The Labute approximate surface area is 111 Å². The second-order valence-corrected chi connectivity index (χ2v) is 5.21. The summed E-state index contributed by atoms with van der Waals surface area (Å²) < 4.78 is 51.2. The van der Waals surface area contributed by atoms with Gasteiger partial charge in [-0.2, -0.15) is 13.2 Å². The van der Waals surface area contributed by atoms with E-state index in [1.165, 1.54) is 6.07 Å². The van der Waals surface area contributed by atoms with Gasteiger partial charge in [0.25, 0.3) is 0 Å². The van der Waals surface area contributed by atoms with Crippen LogP contribution in [0.2, 0.25) is 0 Å². The molecule has 1 atom stereocenters. The Morgan fingerprint density at radius 3 is 2.32 bits per heavy atom. The van der Waals surface area contributed by atoms with E-state index >= 15 is 0 Å². The molecule has 0 spiro atoms. The van der Waals surface area contributed by atoms with Gasteiger partial charge >= 0.3 is 6.18 Å². The molecule has 19 heavy (non-hydrogen) atoms. The van der Waals surface area contributed by atoms with Gasteiger partial charge in [-0.3, -0.25) is 0 Å². The van der Waals surface area contributed by atoms with Crippen LogP contribution in [0.25, 0.3) is 0 Å². The summed E-state index contributed by atoms with van der Waals surface area (Å²) in [4.78, 5) is 0. The minimum absolute atomic E-state index is 0.0736. The molecule has 5 heteroatoms. The molecule has 0 radical (unpaired) electrons. The van der Waals surface area contributed by atoms with E-state index in [4.69, 9.17) is 0 Å². The Hall–Kier alpha value is -1.10. The zero-order chi connectivity index (χ0) is 14.6. The third kappa shape index (κ3) is 5.19. The van der Waals surface area contributed by atoms with Crippen LogP contribution in [-0.4, -0.2) is 6.04 Å². The second-order valence-electron chi connectivity index (χ2n) is 5.21. The van der Waals surface area contributed by atoms with Crippen LogP contribution >= 0.6 is 0 Å². The molecule has 0 aromatic heterocycles. The largest absolute Gasteiger partial charge is 0.416 e. The first-order valence-corrected chi connectivity index (χ1v) is 6.29. The maximum atomic E-state index is 12.9. The molecule has 1 aromatic carbocycles. The maximum absolute atomic E-state index is 12.9. The lowest BCUT2D eigenvalue weighted by Crippen LogP contribution is -2.28. The van der Waals surface area contributed by atoms with Crippen LogP contribution in [0.4, 0.5) is 17.6 Å². The lowest BCUT2D eigenvalue weighted by molar-refractivity contribution is -0.138. The molecule has 1 aromatic rings. The van der Waals surface area contributed by atoms with Gasteiger partial charge in [0, 0.05) is 12.6 Å². The highest BCUT2D eigenvalue weighted by Crippen LogP contribution is 2.32. The molecule has 0 saturated carbocycles. The zero-order valence-electron chi connectivity index (χ0n) is 11.3. The fourth-order valence-electron chi connectivity index (χ4n) is 2.04. The van der Waals surface area contributed by atoms with E-state index in [1.807, 2.05) is 6.92 Å². The number of rotatable bonds is 5. The maximum Gasteiger partial charge on any atom is 0.416 e. The van der Waals surface area contributed by atoms with E-state index in [-0.39, 0.29) is 18.2 Å². The van der Waals surface area contributed by atoms with E-state index < -0.39 is 17.6 Å². The predicted octanol–water partition coefficient (Wildman–Crippen LogP) is 4.37. The first-order valence-electron chi connectivity index (χ1n) is 6.29. The molecule has 0 heterocycles. The molecule has 1 rings (SSSR count). The summed E-state index contributed by atoms with van der Waals surface area (Å²) in [7, 11) is 0. The number of benzene rings is 1. The third-order valence-electron chi connectivity index (χ3n) is 2.84. The van der Waals surface area contributed by atoms with Gasteiger partial charge in [-0.05, 0) is 37.0 Å². The van der Waals surface area contributed by atoms with Gasteiger partial charge in [-0.25, -0.2) is 4.39 Å². The van der Waals surface area contributed by atoms with Gasteiger partial charge in [0.1, 0.15) is 5.82 Å². The van der Waals surface area contributed by atoms with Crippen molar-refractivity contribution < 1.29 is 17.6 Å². The van der Waals surface area contributed by atoms with Crippen molar-refractivity contribution in [1.29, 1.82) is 0 Å². The molecular formula is C14H19F4N. The molecule has 0 aliphatic rings. The van der Waals surface area contributed by atoms with Crippen LogP contribution in [0.1, 0.15) is 38.3 Å². The summed E-state index contributed by atoms with van der Waals surface area (Å²) in [5, 5.41) is 3.04. The quantitative estimate of drug-likeness (QED) is 0.788. The summed E-state index contributed by atoms with van der Waals surface area (Å²) in [5.41, 5.74) is -0.832. The van der Waals surface area contributed by atoms with Crippen molar-refractivity contribution in [1.82, 2.24) is 5.32 Å². The Morgan fingerprint density at radius 2 is 1.79 bits per heavy atom. The van der Waals surface area contributed by atoms with Crippen molar-refractivity contribution in [3.05, 3.63) is 35.1 Å². The number of hydrogen-bond donors (Lipinski definition) is 1. The molecule has 1 unspecified atom stereocenters. The molecule has 0 fully saturated rings. The summed E-state index contributed by atoms with van der Waals surface area (Å²) in [6.07, 6.45) is -3.65. The molecule has 1 N–H and O–H groups in total. The zero-order valence-corrected chi connectivity index (χ0v) is 11.3. The predicted molar refractivity (Wildman–Crippen MR) is 67.2 cm³/mol. The van der Waals surface area contributed by atoms with E-state index in [9.17, 15) is 17.6 Å². The van der Waals surface area contributed by atoms with E-state index in [1.54, 1.807) is 0 Å². The number of nitrogens with one attached hydrogen (secondary N) is 1. The monoisotopic (exact) mass is 277 g/mol. The van der Waals surface area contributed by atoms with Crippen molar-refractivity contribution in [2.45, 2.75) is 46.0 Å². The Balaban J connectivity index is 2.78. The lowest BCUT2D eigenvalue weighted by Gasteiger charge is -2.18. The van der Waals surface area contributed by atoms with E-state index in [0.717, 1.165) is 12.5 Å². The molecule has 0 amide bonds. The van der Waals surface area contributed by atoms with E-state index in [0.29, 0.717) is 12.0 Å². The minimum atomic E-state index is -4.53. The SMILES string of the molecule is CC(C)CC(C)NCc1ccc(F)cc1C(F)(F)F. The van der Waals surface area contributed by atoms with Crippen molar-refractivity contribution in [3.8, 4) is 0 Å². The van der Waals surface area contributed by atoms with Crippen molar-refractivity contribution >= 4 is 0 Å². The Morgan fingerprint density at radius 1 is 1.16 bits per heavy atom. The first-order chi connectivity index (χ1) is 8.70. The smallest absolute Gasteiger partial charge is 0.310 e. The molecule has 0 saturated heterocycles. The minimum Gasteiger partial charge on any atom is -0.310 e. The third-order valence-corrected chi connectivity index (χ3v) is 2.84. The molecular weight excluding hydrogens is 258 g/mol. The first kappa shape index (κ1) is 16.0. The van der Waals surface area contributed by atoms with Crippen LogP contribution in [0, 0.1) is 11.7 Å². The second kappa shape index (κ2) is 6.37. The molecule has 0 aliphatic heterocycles. The number of alkyl halides is 3. The Kier molecular flexibility index (Phi) is 5.35. The molecule has 1 nitrogen and oxygen atoms in total. The standard InChI is InChI=1S/C14H19F4N/c1-9(2)6-10(3)19-8-11-4-5-12(15)7-13(11)14(16,17)18/h4-5,7,9-10,19H,6,8H2,1-3H3. The van der Waals surface area contributed by atoms with Gasteiger partial charge in [-0.1, -0.05) is 19.9 Å². The molecule has 0 aliphatic carbocycles. The van der Waals surface area contributed by atoms with Crippen LogP contribution in [0.15, 0.2) is 18.2 Å². The summed E-state index contributed by atoms with van der Waals surface area (Å²) in [6.45, 7) is 6.12. The molecule has 108 valence electrons. The fraction of sp³-hybridized carbons (Fsp3) is 0.571. The number of hydrogen-bond acceptors (Lipinski definition) is 1. The van der Waals surface area contributed by atoms with Crippen LogP contribution in [-0.2, 0) is 12.7 Å². The van der Waals surface area contributed by atoms with E-state index in [2.05, 4.69) is 19.2 Å². The highest BCUT2D eigenvalue weighted by atomic mass is 19.4. The van der Waals surface area contributed by atoms with Gasteiger partial charge < -0.3 is 5.32 Å². The van der Waals surface area contributed by atoms with Crippen LogP contribution < -0.4 is 5.32 Å². The molecule has 0 bridgehead atoms. The van der Waals surface area contributed by atoms with Crippen LogP contribution in [0.3, 0.4) is 0 Å². The average molecular weight is 277 g/mol. The van der Waals surface area contributed by atoms with Crippen molar-refractivity contribution in [3.63, 3.8) is 0 Å². The topological polar surface area (TPSA) is 12.0 Å². The van der Waals surface area contributed by atoms with Gasteiger partial charge in [0.05, 0.1) is 5.56 Å². The highest BCUT2D eigenvalue weighted by molar-refractivity contribution is 5.30. The normalized spacial score (nSPS) is 13.9. The van der Waals surface area contributed by atoms with Gasteiger partial charge in [-0.15, -0.1) is 0 Å². The average Bonchev–Trinajstić information content (AvgIpc) is 2.25. The van der Waals surface area contributed by atoms with Gasteiger partial charge in [0.2, 0.25) is 0 Å². The number of halogens is 4. The summed E-state index contributed by atoms with van der Waals surface area (Å²) in [5.74, 6) is -0.399. The van der Waals surface area contributed by atoms with Crippen LogP contribution in [0.5, 0.6) is 0 Å².